The van der Waals surface area contributed by atoms with Crippen LogP contribution in [0.25, 0.3) is 0 Å². The van der Waals surface area contributed by atoms with E-state index in [9.17, 15) is 4.79 Å². The van der Waals surface area contributed by atoms with Gasteiger partial charge >= 0.3 is 0 Å². The number of benzene rings is 1. The normalized spacial score (nSPS) is 17.7. The van der Waals surface area contributed by atoms with Crippen molar-refractivity contribution in [3.8, 4) is 5.75 Å². The number of carbonyl (C=O) groups is 1. The van der Waals surface area contributed by atoms with E-state index in [1.807, 2.05) is 12.1 Å². The van der Waals surface area contributed by atoms with Crippen molar-refractivity contribution in [1.82, 2.24) is 0 Å². The first-order valence-electron chi connectivity index (χ1n) is 5.10. The largest absolute Gasteiger partial charge is 0.488 e. The minimum absolute atomic E-state index is 0.110. The quantitative estimate of drug-likeness (QED) is 0.761. The lowest BCUT2D eigenvalue weighted by atomic mass is 9.93. The molecule has 2 rings (SSSR count). The van der Waals surface area contributed by atoms with Gasteiger partial charge in [0.2, 0.25) is 5.91 Å². The molecule has 0 bridgehead atoms. The number of primary amides is 1. The second-order valence-electron chi connectivity index (χ2n) is 4.55. The molecule has 0 saturated carbocycles. The summed E-state index contributed by atoms with van der Waals surface area (Å²) < 4.78 is 5.80. The first kappa shape index (κ1) is 10.0. The van der Waals surface area contributed by atoms with E-state index in [4.69, 9.17) is 10.5 Å². The van der Waals surface area contributed by atoms with Gasteiger partial charge in [0.25, 0.3) is 0 Å². The van der Waals surface area contributed by atoms with E-state index in [0.29, 0.717) is 5.56 Å². The zero-order valence-electron chi connectivity index (χ0n) is 9.04. The molecule has 0 unspecified atom stereocenters. The van der Waals surface area contributed by atoms with Crippen molar-refractivity contribution in [3.63, 3.8) is 0 Å². The summed E-state index contributed by atoms with van der Waals surface area (Å²) in [6.45, 7) is 4.13. The van der Waals surface area contributed by atoms with Crippen LogP contribution in [-0.4, -0.2) is 11.5 Å². The van der Waals surface area contributed by atoms with Crippen LogP contribution in [0.3, 0.4) is 0 Å². The van der Waals surface area contributed by atoms with Gasteiger partial charge in [-0.25, -0.2) is 0 Å². The monoisotopic (exact) mass is 205 g/mol. The van der Waals surface area contributed by atoms with Crippen molar-refractivity contribution in [2.24, 2.45) is 5.73 Å². The molecule has 1 amide bonds. The fraction of sp³-hybridized carbons (Fsp3) is 0.417. The van der Waals surface area contributed by atoms with Gasteiger partial charge in [-0.3, -0.25) is 4.79 Å². The average Bonchev–Trinajstić information content (AvgIpc) is 2.15. The molecule has 3 heteroatoms. The topological polar surface area (TPSA) is 52.3 Å². The lowest BCUT2D eigenvalue weighted by Crippen LogP contribution is -2.32. The molecule has 0 atom stereocenters. The second-order valence-corrected chi connectivity index (χ2v) is 4.55. The van der Waals surface area contributed by atoms with Crippen LogP contribution in [0, 0.1) is 0 Å². The standard InChI is InChI=1S/C12H15NO2/c1-12(2)6-5-8-7-9(11(13)14)3-4-10(8)15-12/h3-4,7H,5-6H2,1-2H3,(H2,13,14). The summed E-state index contributed by atoms with van der Waals surface area (Å²) in [7, 11) is 0. The highest BCUT2D eigenvalue weighted by Crippen LogP contribution is 2.33. The molecule has 3 nitrogen and oxygen atoms in total. The van der Waals surface area contributed by atoms with Gasteiger partial charge in [-0.15, -0.1) is 0 Å². The average molecular weight is 205 g/mol. The van der Waals surface area contributed by atoms with E-state index in [-0.39, 0.29) is 11.5 Å². The van der Waals surface area contributed by atoms with Crippen molar-refractivity contribution in [2.75, 3.05) is 0 Å². The summed E-state index contributed by atoms with van der Waals surface area (Å²) in [5, 5.41) is 0. The Kier molecular flexibility index (Phi) is 2.18. The number of aryl methyl sites for hydroxylation is 1. The summed E-state index contributed by atoms with van der Waals surface area (Å²) in [5.74, 6) is 0.485. The summed E-state index contributed by atoms with van der Waals surface area (Å²) in [5.41, 5.74) is 6.74. The summed E-state index contributed by atoms with van der Waals surface area (Å²) in [6.07, 6.45) is 1.89. The molecule has 1 aliphatic heterocycles. The number of nitrogens with two attached hydrogens (primary N) is 1. The maximum Gasteiger partial charge on any atom is 0.248 e. The molecule has 0 spiro atoms. The maximum atomic E-state index is 11.0. The van der Waals surface area contributed by atoms with Gasteiger partial charge in [0.05, 0.1) is 0 Å². The number of amides is 1. The van der Waals surface area contributed by atoms with Crippen LogP contribution in [0.5, 0.6) is 5.75 Å². The molecular weight excluding hydrogens is 190 g/mol. The first-order chi connectivity index (χ1) is 6.98. The van der Waals surface area contributed by atoms with E-state index in [2.05, 4.69) is 13.8 Å². The van der Waals surface area contributed by atoms with Crippen LogP contribution in [0.2, 0.25) is 0 Å². The van der Waals surface area contributed by atoms with Gasteiger partial charge in [0.1, 0.15) is 11.4 Å². The van der Waals surface area contributed by atoms with Gasteiger partial charge < -0.3 is 10.5 Å². The molecule has 0 aliphatic carbocycles. The zero-order chi connectivity index (χ0) is 11.1. The van der Waals surface area contributed by atoms with Crippen molar-refractivity contribution in [2.45, 2.75) is 32.3 Å². The minimum Gasteiger partial charge on any atom is -0.488 e. The molecule has 1 aliphatic rings. The number of fused-ring (bicyclic) bond motifs is 1. The molecule has 1 aromatic rings. The number of rotatable bonds is 1. The van der Waals surface area contributed by atoms with Gasteiger partial charge in [-0.2, -0.15) is 0 Å². The third kappa shape index (κ3) is 1.96. The van der Waals surface area contributed by atoms with Crippen molar-refractivity contribution >= 4 is 5.91 Å². The summed E-state index contributed by atoms with van der Waals surface area (Å²) in [6, 6.07) is 5.37. The lowest BCUT2D eigenvalue weighted by molar-refractivity contribution is 0.0846. The Labute approximate surface area is 89.2 Å². The van der Waals surface area contributed by atoms with Gasteiger partial charge in [-0.1, -0.05) is 0 Å². The molecule has 15 heavy (non-hydrogen) atoms. The predicted octanol–water partition coefficient (Wildman–Crippen LogP) is 1.89. The van der Waals surface area contributed by atoms with Crippen molar-refractivity contribution < 1.29 is 9.53 Å². The summed E-state index contributed by atoms with van der Waals surface area (Å²) in [4.78, 5) is 11.0. The van der Waals surface area contributed by atoms with E-state index in [1.165, 1.54) is 0 Å². The van der Waals surface area contributed by atoms with Crippen LogP contribution in [-0.2, 0) is 6.42 Å². The smallest absolute Gasteiger partial charge is 0.248 e. The first-order valence-corrected chi connectivity index (χ1v) is 5.10. The Hall–Kier alpha value is -1.51. The zero-order valence-corrected chi connectivity index (χ0v) is 9.04. The van der Waals surface area contributed by atoms with Crippen LogP contribution >= 0.6 is 0 Å². The highest BCUT2D eigenvalue weighted by atomic mass is 16.5. The Morgan fingerprint density at radius 1 is 1.47 bits per heavy atom. The van der Waals surface area contributed by atoms with Crippen molar-refractivity contribution in [3.05, 3.63) is 29.3 Å². The van der Waals surface area contributed by atoms with Crippen LogP contribution in [0.15, 0.2) is 18.2 Å². The molecule has 80 valence electrons. The Morgan fingerprint density at radius 2 is 2.20 bits per heavy atom. The Balaban J connectivity index is 2.36. The van der Waals surface area contributed by atoms with Crippen molar-refractivity contribution in [1.29, 1.82) is 0 Å². The maximum absolute atomic E-state index is 11.0. The molecule has 0 saturated heterocycles. The molecular formula is C12H15NO2. The SMILES string of the molecule is CC1(C)CCc2cc(C(N)=O)ccc2O1. The predicted molar refractivity (Wildman–Crippen MR) is 58.0 cm³/mol. The number of hydrogen-bond acceptors (Lipinski definition) is 2. The fourth-order valence-electron chi connectivity index (χ4n) is 1.81. The molecule has 1 heterocycles. The van der Waals surface area contributed by atoms with Crippen LogP contribution in [0.1, 0.15) is 36.2 Å². The Morgan fingerprint density at radius 3 is 2.87 bits per heavy atom. The molecule has 0 fully saturated rings. The van der Waals surface area contributed by atoms with Gasteiger partial charge in [-0.05, 0) is 50.5 Å². The second kappa shape index (κ2) is 3.26. The van der Waals surface area contributed by atoms with E-state index < -0.39 is 0 Å². The highest BCUT2D eigenvalue weighted by molar-refractivity contribution is 5.93. The highest BCUT2D eigenvalue weighted by Gasteiger charge is 2.26. The van der Waals surface area contributed by atoms with Gasteiger partial charge in [0.15, 0.2) is 0 Å². The molecule has 0 aromatic heterocycles. The van der Waals surface area contributed by atoms with E-state index >= 15 is 0 Å². The van der Waals surface area contributed by atoms with E-state index in [1.54, 1.807) is 6.07 Å². The number of carbonyl (C=O) groups excluding carboxylic acids is 1. The molecule has 0 radical (unpaired) electrons. The molecule has 2 N–H and O–H groups in total. The van der Waals surface area contributed by atoms with E-state index in [0.717, 1.165) is 24.2 Å². The van der Waals surface area contributed by atoms with Gasteiger partial charge in [0, 0.05) is 5.56 Å². The third-order valence-corrected chi connectivity index (χ3v) is 2.73. The molecule has 1 aromatic carbocycles. The minimum atomic E-state index is -0.386. The van der Waals surface area contributed by atoms with Crippen LogP contribution < -0.4 is 10.5 Å². The lowest BCUT2D eigenvalue weighted by Gasteiger charge is -2.32. The number of ether oxygens (including phenoxy) is 1. The fourth-order valence-corrected chi connectivity index (χ4v) is 1.81. The third-order valence-electron chi connectivity index (χ3n) is 2.73. The van der Waals surface area contributed by atoms with Crippen LogP contribution in [0.4, 0.5) is 0 Å². The number of hydrogen-bond donors (Lipinski definition) is 1. The summed E-state index contributed by atoms with van der Waals surface area (Å²) >= 11 is 0. The Bertz CT molecular complexity index is 410.